The molecule has 0 amide bonds. The van der Waals surface area contributed by atoms with Gasteiger partial charge in [0.05, 0.1) is 28.7 Å². The van der Waals surface area contributed by atoms with E-state index >= 15 is 0 Å². The van der Waals surface area contributed by atoms with E-state index in [4.69, 9.17) is 18.9 Å². The average molecular weight is 651 g/mol. The second kappa shape index (κ2) is 16.3. The van der Waals surface area contributed by atoms with Crippen LogP contribution >= 0.6 is 0 Å². The Morgan fingerprint density at radius 2 is 0.957 bits per heavy atom. The highest BCUT2D eigenvalue weighted by molar-refractivity contribution is 6.78. The van der Waals surface area contributed by atoms with Gasteiger partial charge in [0, 0.05) is 0 Å². The first-order valence-corrected chi connectivity index (χ1v) is 22.9. The van der Waals surface area contributed by atoms with Gasteiger partial charge in [0.1, 0.15) is 24.7 Å². The smallest absolute Gasteiger partial charge is 0.489 e. The zero-order valence-electron chi connectivity index (χ0n) is 27.8. The summed E-state index contributed by atoms with van der Waals surface area (Å²) in [4.78, 5) is 12.6. The van der Waals surface area contributed by atoms with Gasteiger partial charge in [-0.15, -0.1) is 0 Å². The standard InChI is InChI=1S/C39H46O5Si2/c1-45(2,3)37(33-19-13-21-35(27-33)43-29-31-15-9-7-10-16-31)23-25-41-39(40)42-26-24-38(46(4,5)6)34-20-14-22-36(28-34)44-30-32-17-11-8-12-18-32/h7-28,37-38H,29-30H2,1-6H3. The molecule has 0 radical (unpaired) electrons. The molecule has 0 bridgehead atoms. The van der Waals surface area contributed by atoms with Crippen LogP contribution in [0.5, 0.6) is 11.5 Å². The fourth-order valence-corrected chi connectivity index (χ4v) is 8.92. The molecule has 4 aromatic carbocycles. The lowest BCUT2D eigenvalue weighted by Gasteiger charge is -2.27. The number of carbonyl (C=O) groups excluding carboxylic acids is 1. The highest BCUT2D eigenvalue weighted by atomic mass is 28.3. The minimum atomic E-state index is -1.73. The van der Waals surface area contributed by atoms with Crippen LogP contribution in [0.3, 0.4) is 0 Å². The van der Waals surface area contributed by atoms with Gasteiger partial charge in [-0.1, -0.05) is 124 Å². The maximum atomic E-state index is 12.6. The van der Waals surface area contributed by atoms with Gasteiger partial charge < -0.3 is 18.9 Å². The Labute approximate surface area is 276 Å². The van der Waals surface area contributed by atoms with Crippen molar-refractivity contribution in [2.75, 3.05) is 0 Å². The summed E-state index contributed by atoms with van der Waals surface area (Å²) in [5.41, 5.74) is 4.73. The zero-order chi connectivity index (χ0) is 33.0. The van der Waals surface area contributed by atoms with Crippen molar-refractivity contribution < 1.29 is 23.7 Å². The monoisotopic (exact) mass is 650 g/mol. The van der Waals surface area contributed by atoms with Crippen LogP contribution in [-0.2, 0) is 22.7 Å². The van der Waals surface area contributed by atoms with Gasteiger partial charge in [0.2, 0.25) is 0 Å². The number of ether oxygens (including phenoxy) is 4. The SMILES string of the molecule is C[Si](C)(C)C(C=COC(=O)OC=CC(c1cccc(OCc2ccccc2)c1)[Si](C)(C)C)c1cccc(OCc2ccccc2)c1. The first kappa shape index (κ1) is 34.5. The van der Waals surface area contributed by atoms with Crippen molar-refractivity contribution in [2.24, 2.45) is 0 Å². The van der Waals surface area contributed by atoms with E-state index in [9.17, 15) is 4.79 Å². The molecule has 0 aliphatic rings. The van der Waals surface area contributed by atoms with Crippen molar-refractivity contribution in [3.8, 4) is 11.5 Å². The summed E-state index contributed by atoms with van der Waals surface area (Å²) >= 11 is 0. The molecular weight excluding hydrogens is 605 g/mol. The van der Waals surface area contributed by atoms with Crippen molar-refractivity contribution in [3.05, 3.63) is 156 Å². The van der Waals surface area contributed by atoms with Crippen molar-refractivity contribution in [1.29, 1.82) is 0 Å². The van der Waals surface area contributed by atoms with E-state index in [2.05, 4.69) is 87.8 Å². The van der Waals surface area contributed by atoms with E-state index in [1.165, 1.54) is 12.5 Å². The molecule has 0 aliphatic carbocycles. The Kier molecular flexibility index (Phi) is 12.2. The largest absolute Gasteiger partial charge is 0.518 e. The summed E-state index contributed by atoms with van der Waals surface area (Å²) in [6, 6.07) is 36.6. The topological polar surface area (TPSA) is 54.0 Å². The highest BCUT2D eigenvalue weighted by Crippen LogP contribution is 2.32. The number of allylic oxidation sites excluding steroid dienone is 2. The first-order valence-electron chi connectivity index (χ1n) is 15.7. The quantitative estimate of drug-likeness (QED) is 0.0772. The Morgan fingerprint density at radius 1 is 0.565 bits per heavy atom. The van der Waals surface area contributed by atoms with Crippen LogP contribution in [0.4, 0.5) is 4.79 Å². The molecule has 7 heteroatoms. The lowest BCUT2D eigenvalue weighted by Crippen LogP contribution is -2.29. The van der Waals surface area contributed by atoms with Gasteiger partial charge in [-0.05, 0) is 69.8 Å². The molecule has 2 unspecified atom stereocenters. The second-order valence-corrected chi connectivity index (χ2v) is 24.2. The predicted octanol–water partition coefficient (Wildman–Crippen LogP) is 10.6. The molecule has 0 aliphatic heterocycles. The van der Waals surface area contributed by atoms with Gasteiger partial charge in [-0.2, -0.15) is 0 Å². The number of hydrogen-bond acceptors (Lipinski definition) is 5. The Hall–Kier alpha value is -4.34. The van der Waals surface area contributed by atoms with Crippen molar-refractivity contribution in [1.82, 2.24) is 0 Å². The van der Waals surface area contributed by atoms with E-state index in [-0.39, 0.29) is 11.1 Å². The Bertz CT molecular complexity index is 1470. The summed E-state index contributed by atoms with van der Waals surface area (Å²) in [5.74, 6) is 1.63. The van der Waals surface area contributed by atoms with E-state index in [1.54, 1.807) is 0 Å². The number of carbonyl (C=O) groups is 1. The minimum absolute atomic E-state index is 0.115. The van der Waals surface area contributed by atoms with E-state index in [0.29, 0.717) is 13.2 Å². The molecule has 0 saturated carbocycles. The third-order valence-corrected chi connectivity index (χ3v) is 12.5. The molecule has 240 valence electrons. The molecule has 0 fully saturated rings. The Balaban J connectivity index is 1.36. The molecule has 5 nitrogen and oxygen atoms in total. The lowest BCUT2D eigenvalue weighted by atomic mass is 10.1. The number of rotatable bonds is 14. The van der Waals surface area contributed by atoms with Crippen LogP contribution in [0.2, 0.25) is 39.3 Å². The van der Waals surface area contributed by atoms with Crippen molar-refractivity contribution in [2.45, 2.75) is 63.6 Å². The second-order valence-electron chi connectivity index (χ2n) is 13.5. The van der Waals surface area contributed by atoms with Crippen molar-refractivity contribution in [3.63, 3.8) is 0 Å². The van der Waals surface area contributed by atoms with Gasteiger partial charge in [0.25, 0.3) is 0 Å². The summed E-state index contributed by atoms with van der Waals surface area (Å²) < 4.78 is 22.9. The molecule has 0 saturated heterocycles. The van der Waals surface area contributed by atoms with Gasteiger partial charge >= 0.3 is 6.16 Å². The first-order chi connectivity index (χ1) is 22.0. The van der Waals surface area contributed by atoms with Gasteiger partial charge in [-0.3, -0.25) is 0 Å². The van der Waals surface area contributed by atoms with Gasteiger partial charge in [-0.25, -0.2) is 4.79 Å². The van der Waals surface area contributed by atoms with Crippen LogP contribution in [0.1, 0.15) is 33.3 Å². The third kappa shape index (κ3) is 10.9. The summed E-state index contributed by atoms with van der Waals surface area (Å²) in [5, 5.41) is 0. The molecule has 0 spiro atoms. The average Bonchev–Trinajstić information content (AvgIpc) is 3.03. The summed E-state index contributed by atoms with van der Waals surface area (Å²) in [6.07, 6.45) is 6.06. The van der Waals surface area contributed by atoms with Crippen LogP contribution in [0.25, 0.3) is 0 Å². The maximum absolute atomic E-state index is 12.6. The molecule has 0 N–H and O–H groups in total. The van der Waals surface area contributed by atoms with Gasteiger partial charge in [0.15, 0.2) is 0 Å². The number of hydrogen-bond donors (Lipinski definition) is 0. The van der Waals surface area contributed by atoms with E-state index < -0.39 is 22.3 Å². The summed E-state index contributed by atoms with van der Waals surface area (Å²) in [7, 11) is -3.46. The lowest BCUT2D eigenvalue weighted by molar-refractivity contribution is 0.119. The molecular formula is C39H46O5Si2. The normalized spacial score (nSPS) is 13.3. The number of benzene rings is 4. The van der Waals surface area contributed by atoms with Crippen LogP contribution < -0.4 is 9.47 Å². The highest BCUT2D eigenvalue weighted by Gasteiger charge is 2.28. The van der Waals surface area contributed by atoms with Crippen molar-refractivity contribution >= 4 is 22.3 Å². The zero-order valence-corrected chi connectivity index (χ0v) is 29.8. The fourth-order valence-electron chi connectivity index (χ4n) is 5.25. The van der Waals surface area contributed by atoms with Crippen LogP contribution in [0.15, 0.2) is 134 Å². The van der Waals surface area contributed by atoms with Crippen LogP contribution in [-0.4, -0.2) is 22.3 Å². The molecule has 0 heterocycles. The van der Waals surface area contributed by atoms with Crippen LogP contribution in [0, 0.1) is 0 Å². The minimum Gasteiger partial charge on any atom is -0.489 e. The van der Waals surface area contributed by atoms with E-state index in [1.807, 2.05) is 72.8 Å². The van der Waals surface area contributed by atoms with E-state index in [0.717, 1.165) is 33.8 Å². The Morgan fingerprint density at radius 3 is 1.33 bits per heavy atom. The molecule has 4 rings (SSSR count). The summed E-state index contributed by atoms with van der Waals surface area (Å²) in [6.45, 7) is 14.8. The fraction of sp³-hybridized carbons (Fsp3) is 0.256. The third-order valence-electron chi connectivity index (χ3n) is 7.67. The maximum Gasteiger partial charge on any atom is 0.518 e. The molecule has 2 atom stereocenters. The predicted molar refractivity (Wildman–Crippen MR) is 192 cm³/mol. The molecule has 0 aromatic heterocycles. The molecule has 46 heavy (non-hydrogen) atoms. The molecule has 4 aromatic rings.